The molecule has 0 unspecified atom stereocenters. The van der Waals surface area contributed by atoms with Crippen molar-refractivity contribution in [2.75, 3.05) is 5.75 Å². The van der Waals surface area contributed by atoms with E-state index in [1.54, 1.807) is 0 Å². The molecule has 0 aliphatic heterocycles. The van der Waals surface area contributed by atoms with E-state index in [2.05, 4.69) is 16.6 Å². The number of terminal acetylenes is 1. The summed E-state index contributed by atoms with van der Waals surface area (Å²) in [4.78, 5) is 12.9. The minimum absolute atomic E-state index is 0.170. The molecule has 0 spiro atoms. The lowest BCUT2D eigenvalue weighted by atomic mass is 10.1. The molecule has 5 nitrogen and oxygen atoms in total. The van der Waals surface area contributed by atoms with E-state index in [1.807, 2.05) is 0 Å². The molecular formula is C23H22F4N2O3S. The van der Waals surface area contributed by atoms with Crippen LogP contribution in [-0.4, -0.2) is 37.8 Å². The molecule has 1 aliphatic carbocycles. The molecule has 0 saturated heterocycles. The summed E-state index contributed by atoms with van der Waals surface area (Å²) < 4.78 is 80.2. The van der Waals surface area contributed by atoms with Crippen molar-refractivity contribution in [3.63, 3.8) is 0 Å². The lowest BCUT2D eigenvalue weighted by Gasteiger charge is -2.28. The molecule has 176 valence electrons. The van der Waals surface area contributed by atoms with E-state index in [0.29, 0.717) is 12.8 Å². The third-order valence-electron chi connectivity index (χ3n) is 5.25. The van der Waals surface area contributed by atoms with Gasteiger partial charge in [0.25, 0.3) is 0 Å². The number of alkyl halides is 3. The van der Waals surface area contributed by atoms with E-state index in [9.17, 15) is 30.8 Å². The second-order valence-corrected chi connectivity index (χ2v) is 10.1. The highest BCUT2D eigenvalue weighted by Crippen LogP contribution is 2.35. The number of halogens is 4. The van der Waals surface area contributed by atoms with Crippen molar-refractivity contribution in [1.82, 2.24) is 10.6 Å². The maximum Gasteiger partial charge on any atom is 0.407 e. The van der Waals surface area contributed by atoms with Crippen LogP contribution in [0.3, 0.4) is 0 Å². The Morgan fingerprint density at radius 3 is 2.21 bits per heavy atom. The number of nitrogens with one attached hydrogen (secondary N) is 2. The molecule has 10 heteroatoms. The number of hydrogen-bond acceptors (Lipinski definition) is 4. The molecule has 0 bridgehead atoms. The Hall–Kier alpha value is -2.90. The Morgan fingerprint density at radius 2 is 1.70 bits per heavy atom. The number of rotatable bonds is 9. The fourth-order valence-corrected chi connectivity index (χ4v) is 4.90. The van der Waals surface area contributed by atoms with Gasteiger partial charge in [-0.1, -0.05) is 48.4 Å². The van der Waals surface area contributed by atoms with Crippen LogP contribution in [0.2, 0.25) is 0 Å². The highest BCUT2D eigenvalue weighted by atomic mass is 32.2. The minimum atomic E-state index is -4.80. The smallest absolute Gasteiger partial charge is 0.338 e. The zero-order valence-electron chi connectivity index (χ0n) is 17.4. The molecule has 0 radical (unpaired) electrons. The van der Waals surface area contributed by atoms with Crippen LogP contribution in [0, 0.1) is 18.2 Å². The van der Waals surface area contributed by atoms with E-state index in [0.717, 1.165) is 12.1 Å². The van der Waals surface area contributed by atoms with Gasteiger partial charge in [-0.15, -0.1) is 6.42 Å². The summed E-state index contributed by atoms with van der Waals surface area (Å²) in [6.45, 7) is 0. The Labute approximate surface area is 189 Å². The third-order valence-corrected chi connectivity index (χ3v) is 6.87. The molecule has 33 heavy (non-hydrogen) atoms. The summed E-state index contributed by atoms with van der Waals surface area (Å²) in [5, 5.41) is 4.69. The molecular weight excluding hydrogens is 460 g/mol. The Morgan fingerprint density at radius 1 is 1.09 bits per heavy atom. The first-order valence-electron chi connectivity index (χ1n) is 10.1. The number of sulfone groups is 1. The number of carbonyl (C=O) groups is 1. The summed E-state index contributed by atoms with van der Waals surface area (Å²) in [7, 11) is -4.07. The van der Waals surface area contributed by atoms with Crippen LogP contribution in [0.25, 0.3) is 0 Å². The van der Waals surface area contributed by atoms with Gasteiger partial charge in [0.15, 0.2) is 9.84 Å². The van der Waals surface area contributed by atoms with E-state index in [1.165, 1.54) is 42.5 Å². The predicted molar refractivity (Wildman–Crippen MR) is 115 cm³/mol. The summed E-state index contributed by atoms with van der Waals surface area (Å²) in [6, 6.07) is 7.49. The van der Waals surface area contributed by atoms with Crippen molar-refractivity contribution in [3.05, 3.63) is 71.5 Å². The largest absolute Gasteiger partial charge is 0.407 e. The van der Waals surface area contributed by atoms with Crippen molar-refractivity contribution in [1.29, 1.82) is 0 Å². The van der Waals surface area contributed by atoms with Crippen molar-refractivity contribution >= 4 is 15.7 Å². The van der Waals surface area contributed by atoms with Gasteiger partial charge < -0.3 is 5.32 Å². The normalized spacial score (nSPS) is 16.9. The predicted octanol–water partition coefficient (Wildman–Crippen LogP) is 3.28. The monoisotopic (exact) mass is 482 g/mol. The van der Waals surface area contributed by atoms with Crippen molar-refractivity contribution in [2.24, 2.45) is 0 Å². The molecule has 3 rings (SSSR count). The van der Waals surface area contributed by atoms with Gasteiger partial charge in [-0.2, -0.15) is 13.2 Å². The molecule has 1 fully saturated rings. The van der Waals surface area contributed by atoms with E-state index in [4.69, 9.17) is 6.42 Å². The molecule has 1 amide bonds. The Kier molecular flexibility index (Phi) is 7.14. The van der Waals surface area contributed by atoms with E-state index < -0.39 is 56.9 Å². The quantitative estimate of drug-likeness (QED) is 0.425. The first-order valence-corrected chi connectivity index (χ1v) is 11.9. The van der Waals surface area contributed by atoms with Crippen LogP contribution in [0.1, 0.15) is 30.0 Å². The first-order chi connectivity index (χ1) is 15.4. The average Bonchev–Trinajstić information content (AvgIpc) is 3.52. The fraction of sp³-hybridized carbons (Fsp3) is 0.348. The Bertz CT molecular complexity index is 1120. The molecule has 2 aromatic carbocycles. The van der Waals surface area contributed by atoms with E-state index in [-0.39, 0.29) is 11.1 Å². The maximum atomic E-state index is 13.9. The molecule has 0 heterocycles. The Balaban J connectivity index is 1.87. The van der Waals surface area contributed by atoms with Crippen LogP contribution < -0.4 is 10.6 Å². The third kappa shape index (κ3) is 6.79. The number of amides is 1. The van der Waals surface area contributed by atoms with Gasteiger partial charge in [0.1, 0.15) is 23.4 Å². The van der Waals surface area contributed by atoms with Gasteiger partial charge >= 0.3 is 6.18 Å². The number of carbonyl (C=O) groups excluding carboxylic acids is 1. The second-order valence-electron chi connectivity index (χ2n) is 8.00. The molecule has 2 N–H and O–H groups in total. The summed E-state index contributed by atoms with van der Waals surface area (Å²) in [5.41, 5.74) is -0.900. The van der Waals surface area contributed by atoms with Gasteiger partial charge in [0.2, 0.25) is 5.91 Å². The van der Waals surface area contributed by atoms with Gasteiger partial charge in [0.05, 0.1) is 11.5 Å². The van der Waals surface area contributed by atoms with Crippen LogP contribution in [0.4, 0.5) is 17.6 Å². The highest BCUT2D eigenvalue weighted by molar-refractivity contribution is 7.90. The average molecular weight is 482 g/mol. The van der Waals surface area contributed by atoms with Gasteiger partial charge in [-0.25, -0.2) is 12.8 Å². The van der Waals surface area contributed by atoms with Crippen molar-refractivity contribution in [3.8, 4) is 12.3 Å². The van der Waals surface area contributed by atoms with E-state index >= 15 is 0 Å². The SMILES string of the molecule is C#CC1(NC(=O)[C@H](CS(=O)(=O)Cc2ccc(F)cc2)N[C@@H](c2ccccc2)C(F)(F)F)CC1. The summed E-state index contributed by atoms with van der Waals surface area (Å²) in [5.74, 6) is -0.573. The first kappa shape index (κ1) is 24.7. The topological polar surface area (TPSA) is 75.3 Å². The van der Waals surface area contributed by atoms with Crippen LogP contribution in [-0.2, 0) is 20.4 Å². The lowest BCUT2D eigenvalue weighted by Crippen LogP contribution is -2.54. The van der Waals surface area contributed by atoms with Crippen molar-refractivity contribution in [2.45, 2.75) is 42.4 Å². The highest BCUT2D eigenvalue weighted by Gasteiger charge is 2.47. The zero-order chi connectivity index (χ0) is 24.3. The van der Waals surface area contributed by atoms with Crippen molar-refractivity contribution < 1.29 is 30.8 Å². The van der Waals surface area contributed by atoms with Gasteiger partial charge in [-0.3, -0.25) is 10.1 Å². The standard InChI is InChI=1S/C23H22F4N2O3S/c1-2-22(12-13-22)29-21(30)19(15-33(31,32)14-16-8-10-18(24)11-9-16)28-20(23(25,26)27)17-6-4-3-5-7-17/h1,3-11,19-20,28H,12-15H2,(H,29,30)/t19-,20-/m0/s1. The van der Waals surface area contributed by atoms with Gasteiger partial charge in [0, 0.05) is 0 Å². The maximum absolute atomic E-state index is 13.9. The zero-order valence-corrected chi connectivity index (χ0v) is 18.2. The molecule has 2 aromatic rings. The fourth-order valence-electron chi connectivity index (χ4n) is 3.33. The lowest BCUT2D eigenvalue weighted by molar-refractivity contribution is -0.160. The molecule has 1 saturated carbocycles. The molecule has 0 aromatic heterocycles. The second kappa shape index (κ2) is 9.53. The van der Waals surface area contributed by atoms with Gasteiger partial charge in [-0.05, 0) is 36.1 Å². The minimum Gasteiger partial charge on any atom is -0.338 e. The summed E-state index contributed by atoms with van der Waals surface area (Å²) in [6.07, 6.45) is 1.50. The number of benzene rings is 2. The van der Waals surface area contributed by atoms with Crippen LogP contribution >= 0.6 is 0 Å². The van der Waals surface area contributed by atoms with Crippen LogP contribution in [0.15, 0.2) is 54.6 Å². The summed E-state index contributed by atoms with van der Waals surface area (Å²) >= 11 is 0. The molecule has 2 atom stereocenters. The number of hydrogen-bond donors (Lipinski definition) is 2. The molecule has 1 aliphatic rings. The van der Waals surface area contributed by atoms with Crippen LogP contribution in [0.5, 0.6) is 0 Å².